The summed E-state index contributed by atoms with van der Waals surface area (Å²) in [5.74, 6) is 1.44. The van der Waals surface area contributed by atoms with Crippen LogP contribution in [-0.4, -0.2) is 32.0 Å². The smallest absolute Gasteiger partial charge is 0.265 e. The van der Waals surface area contributed by atoms with E-state index in [2.05, 4.69) is 0 Å². The Morgan fingerprint density at radius 3 is 2.69 bits per heavy atom. The van der Waals surface area contributed by atoms with Crippen LogP contribution in [0, 0.1) is 0 Å². The molecule has 0 N–H and O–H groups in total. The van der Waals surface area contributed by atoms with Crippen LogP contribution in [-0.2, 0) is 11.3 Å². The average molecular weight is 409 g/mol. The Morgan fingerprint density at radius 1 is 1.07 bits per heavy atom. The van der Waals surface area contributed by atoms with Crippen LogP contribution in [0.3, 0.4) is 0 Å². The van der Waals surface area contributed by atoms with Crippen molar-refractivity contribution in [2.24, 2.45) is 0 Å². The number of benzene rings is 2. The predicted molar refractivity (Wildman–Crippen MR) is 110 cm³/mol. The second kappa shape index (κ2) is 8.79. The molecule has 4 rings (SSSR count). The van der Waals surface area contributed by atoms with Crippen molar-refractivity contribution in [3.63, 3.8) is 0 Å². The van der Waals surface area contributed by atoms with E-state index in [1.165, 1.54) is 0 Å². The SMILES string of the molecule is O=Cc1ccccc1OCC(=O)N(Cc1cccs1)c1ccc2c(c1)OCCO2. The Balaban J connectivity index is 1.56. The molecular weight excluding hydrogens is 390 g/mol. The first-order valence-electron chi connectivity index (χ1n) is 9.14. The van der Waals surface area contributed by atoms with Crippen LogP contribution in [0.4, 0.5) is 5.69 Å². The number of ether oxygens (including phenoxy) is 3. The number of para-hydroxylation sites is 1. The summed E-state index contributed by atoms with van der Waals surface area (Å²) < 4.78 is 16.9. The molecule has 1 amide bonds. The number of amides is 1. The van der Waals surface area contributed by atoms with Crippen molar-refractivity contribution in [1.29, 1.82) is 0 Å². The Hall–Kier alpha value is -3.32. The maximum Gasteiger partial charge on any atom is 0.265 e. The van der Waals surface area contributed by atoms with E-state index in [0.717, 1.165) is 4.88 Å². The first-order valence-corrected chi connectivity index (χ1v) is 10.0. The fourth-order valence-corrected chi connectivity index (χ4v) is 3.70. The largest absolute Gasteiger partial charge is 0.486 e. The lowest BCUT2D eigenvalue weighted by molar-refractivity contribution is -0.120. The number of hydrogen-bond acceptors (Lipinski definition) is 6. The van der Waals surface area contributed by atoms with Gasteiger partial charge in [-0.1, -0.05) is 18.2 Å². The number of carbonyl (C=O) groups is 2. The Morgan fingerprint density at radius 2 is 1.90 bits per heavy atom. The third kappa shape index (κ3) is 4.41. The average Bonchev–Trinajstić information content (AvgIpc) is 3.29. The van der Waals surface area contributed by atoms with Crippen LogP contribution < -0.4 is 19.1 Å². The summed E-state index contributed by atoms with van der Waals surface area (Å²) in [7, 11) is 0. The summed E-state index contributed by atoms with van der Waals surface area (Å²) in [4.78, 5) is 26.9. The van der Waals surface area contributed by atoms with Gasteiger partial charge < -0.3 is 19.1 Å². The van der Waals surface area contributed by atoms with Gasteiger partial charge in [0.05, 0.1) is 12.1 Å². The lowest BCUT2D eigenvalue weighted by atomic mass is 10.2. The third-order valence-corrected chi connectivity index (χ3v) is 5.29. The zero-order chi connectivity index (χ0) is 20.1. The number of thiophene rings is 1. The molecule has 2 aromatic carbocycles. The quantitative estimate of drug-likeness (QED) is 0.553. The van der Waals surface area contributed by atoms with Crippen molar-refractivity contribution >= 4 is 29.2 Å². The van der Waals surface area contributed by atoms with Gasteiger partial charge in [0, 0.05) is 16.6 Å². The van der Waals surface area contributed by atoms with E-state index in [-0.39, 0.29) is 12.5 Å². The minimum absolute atomic E-state index is 0.190. The van der Waals surface area contributed by atoms with Crippen LogP contribution in [0.2, 0.25) is 0 Å². The normalized spacial score (nSPS) is 12.3. The van der Waals surface area contributed by atoms with Gasteiger partial charge in [-0.15, -0.1) is 11.3 Å². The van der Waals surface area contributed by atoms with Crippen molar-refractivity contribution in [2.45, 2.75) is 6.54 Å². The van der Waals surface area contributed by atoms with E-state index in [4.69, 9.17) is 14.2 Å². The van der Waals surface area contributed by atoms with E-state index in [1.807, 2.05) is 23.6 Å². The van der Waals surface area contributed by atoms with Gasteiger partial charge in [0.15, 0.2) is 24.4 Å². The molecule has 0 saturated heterocycles. The highest BCUT2D eigenvalue weighted by Gasteiger charge is 2.21. The number of carbonyl (C=O) groups excluding carboxylic acids is 2. The Kier molecular flexibility index (Phi) is 5.76. The third-order valence-electron chi connectivity index (χ3n) is 4.43. The molecule has 1 aromatic heterocycles. The van der Waals surface area contributed by atoms with Crippen LogP contribution in [0.25, 0.3) is 0 Å². The topological polar surface area (TPSA) is 65.1 Å². The van der Waals surface area contributed by atoms with Gasteiger partial charge in [-0.3, -0.25) is 9.59 Å². The molecule has 0 bridgehead atoms. The summed E-state index contributed by atoms with van der Waals surface area (Å²) in [6, 6.07) is 16.2. The Bertz CT molecular complexity index is 1000. The number of rotatable bonds is 7. The van der Waals surface area contributed by atoms with Gasteiger partial charge in [-0.2, -0.15) is 0 Å². The van der Waals surface area contributed by atoms with Gasteiger partial charge in [0.1, 0.15) is 19.0 Å². The monoisotopic (exact) mass is 409 g/mol. The summed E-state index contributed by atoms with van der Waals surface area (Å²) in [6.07, 6.45) is 0.712. The summed E-state index contributed by atoms with van der Waals surface area (Å²) in [6.45, 7) is 1.20. The molecular formula is C22H19NO5S. The van der Waals surface area contributed by atoms with Crippen LogP contribution in [0.1, 0.15) is 15.2 Å². The molecule has 0 fully saturated rings. The maximum absolute atomic E-state index is 13.1. The van der Waals surface area contributed by atoms with Crippen molar-refractivity contribution in [3.05, 3.63) is 70.4 Å². The highest BCUT2D eigenvalue weighted by atomic mass is 32.1. The molecule has 2 heterocycles. The molecule has 0 aliphatic carbocycles. The zero-order valence-corrected chi connectivity index (χ0v) is 16.4. The second-order valence-electron chi connectivity index (χ2n) is 6.33. The lowest BCUT2D eigenvalue weighted by Crippen LogP contribution is -2.34. The molecule has 6 nitrogen and oxygen atoms in total. The zero-order valence-electron chi connectivity index (χ0n) is 15.6. The van der Waals surface area contributed by atoms with E-state index in [1.54, 1.807) is 52.6 Å². The minimum atomic E-state index is -0.226. The Labute approximate surface area is 172 Å². The molecule has 29 heavy (non-hydrogen) atoms. The maximum atomic E-state index is 13.1. The molecule has 7 heteroatoms. The number of hydrogen-bond donors (Lipinski definition) is 0. The van der Waals surface area contributed by atoms with E-state index in [9.17, 15) is 9.59 Å². The first-order chi connectivity index (χ1) is 14.2. The van der Waals surface area contributed by atoms with Gasteiger partial charge >= 0.3 is 0 Å². The first kappa shape index (κ1) is 19.0. The molecule has 0 saturated carbocycles. The van der Waals surface area contributed by atoms with E-state index in [0.29, 0.717) is 54.5 Å². The minimum Gasteiger partial charge on any atom is -0.486 e. The number of anilines is 1. The number of aldehydes is 1. The predicted octanol–water partition coefficient (Wildman–Crippen LogP) is 3.94. The van der Waals surface area contributed by atoms with Crippen LogP contribution in [0.5, 0.6) is 17.2 Å². The molecule has 148 valence electrons. The van der Waals surface area contributed by atoms with Gasteiger partial charge in [-0.25, -0.2) is 0 Å². The fourth-order valence-electron chi connectivity index (χ4n) is 3.01. The molecule has 1 aliphatic heterocycles. The van der Waals surface area contributed by atoms with Crippen molar-refractivity contribution in [2.75, 3.05) is 24.7 Å². The molecule has 0 unspecified atom stereocenters. The molecule has 0 radical (unpaired) electrons. The number of nitrogens with zero attached hydrogens (tertiary/aromatic N) is 1. The van der Waals surface area contributed by atoms with Crippen LogP contribution >= 0.6 is 11.3 Å². The van der Waals surface area contributed by atoms with E-state index < -0.39 is 0 Å². The number of fused-ring (bicyclic) bond motifs is 1. The standard InChI is InChI=1S/C22H19NO5S/c24-14-16-4-1-2-6-19(16)28-15-22(25)23(13-18-5-3-11-29-18)17-7-8-20-21(12-17)27-10-9-26-20/h1-8,11-12,14H,9-10,13,15H2. The second-order valence-corrected chi connectivity index (χ2v) is 7.36. The van der Waals surface area contributed by atoms with Gasteiger partial charge in [0.25, 0.3) is 5.91 Å². The molecule has 0 atom stereocenters. The fraction of sp³-hybridized carbons (Fsp3) is 0.182. The van der Waals surface area contributed by atoms with Crippen molar-refractivity contribution < 1.29 is 23.8 Å². The van der Waals surface area contributed by atoms with Gasteiger partial charge in [-0.05, 0) is 35.7 Å². The van der Waals surface area contributed by atoms with Gasteiger partial charge in [0.2, 0.25) is 0 Å². The summed E-state index contributed by atoms with van der Waals surface area (Å²) in [5, 5.41) is 1.97. The lowest BCUT2D eigenvalue weighted by Gasteiger charge is -2.25. The van der Waals surface area contributed by atoms with E-state index >= 15 is 0 Å². The summed E-state index contributed by atoms with van der Waals surface area (Å²) in [5.41, 5.74) is 1.10. The van der Waals surface area contributed by atoms with Crippen LogP contribution in [0.15, 0.2) is 60.0 Å². The highest BCUT2D eigenvalue weighted by molar-refractivity contribution is 7.09. The van der Waals surface area contributed by atoms with Crippen molar-refractivity contribution in [3.8, 4) is 17.2 Å². The molecule has 0 spiro atoms. The molecule has 1 aliphatic rings. The highest BCUT2D eigenvalue weighted by Crippen LogP contribution is 2.34. The van der Waals surface area contributed by atoms with Crippen molar-refractivity contribution in [1.82, 2.24) is 0 Å². The molecule has 3 aromatic rings. The summed E-state index contributed by atoms with van der Waals surface area (Å²) >= 11 is 1.58.